The second-order valence-electron chi connectivity index (χ2n) is 4.12. The van der Waals surface area contributed by atoms with Gasteiger partial charge in [-0.25, -0.2) is 0 Å². The van der Waals surface area contributed by atoms with E-state index in [4.69, 9.17) is 23.2 Å². The Labute approximate surface area is 115 Å². The largest absolute Gasteiger partial charge is 0.308 e. The summed E-state index contributed by atoms with van der Waals surface area (Å²) >= 11 is 12.1. The predicted molar refractivity (Wildman–Crippen MR) is 71.1 cm³/mol. The van der Waals surface area contributed by atoms with E-state index in [1.54, 1.807) is 10.7 Å². The summed E-state index contributed by atoms with van der Waals surface area (Å²) in [6.07, 6.45) is 0. The van der Waals surface area contributed by atoms with Crippen LogP contribution in [0.25, 0.3) is 5.69 Å². The molecule has 1 aromatic heterocycles. The standard InChI is InChI=1S/C11H13Cl2N5/c1-7(2)14-6-10-15-16-17-18(10)9-5-3-4-8(12)11(9)13/h3-5,7,14H,6H2,1-2H3. The maximum Gasteiger partial charge on any atom is 0.170 e. The van der Waals surface area contributed by atoms with Gasteiger partial charge in [0, 0.05) is 6.04 Å². The van der Waals surface area contributed by atoms with Gasteiger partial charge in [-0.05, 0) is 22.6 Å². The average Bonchev–Trinajstić information content (AvgIpc) is 2.78. The molecule has 1 heterocycles. The Morgan fingerprint density at radius 2 is 2.11 bits per heavy atom. The highest BCUT2D eigenvalue weighted by Gasteiger charge is 2.13. The number of halogens is 2. The molecule has 0 aliphatic heterocycles. The summed E-state index contributed by atoms with van der Waals surface area (Å²) in [5.74, 6) is 0.688. The third kappa shape index (κ3) is 2.80. The predicted octanol–water partition coefficient (Wildman–Crippen LogP) is 2.47. The van der Waals surface area contributed by atoms with Crippen molar-refractivity contribution in [1.29, 1.82) is 0 Å². The minimum atomic E-state index is 0.352. The lowest BCUT2D eigenvalue weighted by Gasteiger charge is -2.09. The number of hydrogen-bond acceptors (Lipinski definition) is 4. The smallest absolute Gasteiger partial charge is 0.170 e. The van der Waals surface area contributed by atoms with Gasteiger partial charge in [-0.3, -0.25) is 0 Å². The fraction of sp³-hybridized carbons (Fsp3) is 0.364. The van der Waals surface area contributed by atoms with E-state index >= 15 is 0 Å². The zero-order valence-corrected chi connectivity index (χ0v) is 11.6. The summed E-state index contributed by atoms with van der Waals surface area (Å²) in [5.41, 5.74) is 0.676. The van der Waals surface area contributed by atoms with Gasteiger partial charge in [-0.1, -0.05) is 43.1 Å². The number of aromatic nitrogens is 4. The van der Waals surface area contributed by atoms with Gasteiger partial charge in [-0.15, -0.1) is 5.10 Å². The van der Waals surface area contributed by atoms with E-state index in [-0.39, 0.29) is 0 Å². The fourth-order valence-electron chi connectivity index (χ4n) is 1.45. The van der Waals surface area contributed by atoms with Crippen molar-refractivity contribution < 1.29 is 0 Å². The number of nitrogens with zero attached hydrogens (tertiary/aromatic N) is 4. The van der Waals surface area contributed by atoms with Crippen molar-refractivity contribution in [3.8, 4) is 5.69 Å². The molecule has 0 radical (unpaired) electrons. The van der Waals surface area contributed by atoms with Crippen molar-refractivity contribution in [2.75, 3.05) is 0 Å². The van der Waals surface area contributed by atoms with Crippen LogP contribution in [0.2, 0.25) is 10.0 Å². The van der Waals surface area contributed by atoms with Crippen LogP contribution in [0.5, 0.6) is 0 Å². The van der Waals surface area contributed by atoms with Gasteiger partial charge in [0.2, 0.25) is 0 Å². The molecule has 5 nitrogen and oxygen atoms in total. The Balaban J connectivity index is 2.33. The molecular weight excluding hydrogens is 273 g/mol. The molecule has 0 aliphatic rings. The monoisotopic (exact) mass is 285 g/mol. The summed E-state index contributed by atoms with van der Waals surface area (Å²) in [6.45, 7) is 4.68. The number of tetrazole rings is 1. The zero-order chi connectivity index (χ0) is 13.1. The molecule has 1 N–H and O–H groups in total. The quantitative estimate of drug-likeness (QED) is 0.938. The molecule has 0 spiro atoms. The molecule has 1 aromatic carbocycles. The highest BCUT2D eigenvalue weighted by Crippen LogP contribution is 2.28. The molecule has 0 aliphatic carbocycles. The molecule has 18 heavy (non-hydrogen) atoms. The second-order valence-corrected chi connectivity index (χ2v) is 4.90. The maximum atomic E-state index is 6.15. The van der Waals surface area contributed by atoms with Gasteiger partial charge in [0.05, 0.1) is 22.3 Å². The van der Waals surface area contributed by atoms with Gasteiger partial charge in [-0.2, -0.15) is 4.68 Å². The summed E-state index contributed by atoms with van der Waals surface area (Å²) in [5, 5.41) is 15.8. The Morgan fingerprint density at radius 3 is 2.83 bits per heavy atom. The first-order valence-electron chi connectivity index (χ1n) is 5.54. The molecule has 2 rings (SSSR count). The van der Waals surface area contributed by atoms with Crippen LogP contribution in [0, 0.1) is 0 Å². The van der Waals surface area contributed by atoms with E-state index in [1.807, 2.05) is 12.1 Å². The first-order valence-corrected chi connectivity index (χ1v) is 6.30. The number of benzene rings is 1. The second kappa shape index (κ2) is 5.65. The van der Waals surface area contributed by atoms with Gasteiger partial charge in [0.25, 0.3) is 0 Å². The van der Waals surface area contributed by atoms with Gasteiger partial charge in [0.1, 0.15) is 0 Å². The Morgan fingerprint density at radius 1 is 1.33 bits per heavy atom. The summed E-state index contributed by atoms with van der Waals surface area (Å²) in [4.78, 5) is 0. The van der Waals surface area contributed by atoms with Crippen molar-refractivity contribution in [2.45, 2.75) is 26.4 Å². The van der Waals surface area contributed by atoms with Crippen LogP contribution in [-0.4, -0.2) is 26.2 Å². The van der Waals surface area contributed by atoms with Crippen molar-refractivity contribution in [1.82, 2.24) is 25.5 Å². The highest BCUT2D eigenvalue weighted by atomic mass is 35.5. The van der Waals surface area contributed by atoms with Crippen LogP contribution in [-0.2, 0) is 6.54 Å². The summed E-state index contributed by atoms with van der Waals surface area (Å²) in [7, 11) is 0. The van der Waals surface area contributed by atoms with Gasteiger partial charge >= 0.3 is 0 Å². The molecule has 0 unspecified atom stereocenters. The molecule has 96 valence electrons. The molecule has 7 heteroatoms. The number of nitrogens with one attached hydrogen (secondary N) is 1. The van der Waals surface area contributed by atoms with Crippen LogP contribution >= 0.6 is 23.2 Å². The van der Waals surface area contributed by atoms with Crippen molar-refractivity contribution in [3.63, 3.8) is 0 Å². The van der Waals surface area contributed by atoms with Crippen LogP contribution in [0.15, 0.2) is 18.2 Å². The Bertz CT molecular complexity index is 538. The lowest BCUT2D eigenvalue weighted by atomic mass is 10.3. The number of rotatable bonds is 4. The normalized spacial score (nSPS) is 11.2. The van der Waals surface area contributed by atoms with E-state index in [9.17, 15) is 0 Å². The van der Waals surface area contributed by atoms with Crippen LogP contribution < -0.4 is 5.32 Å². The molecule has 0 saturated carbocycles. The van der Waals surface area contributed by atoms with Crippen molar-refractivity contribution in [2.24, 2.45) is 0 Å². The first-order chi connectivity index (χ1) is 8.59. The van der Waals surface area contributed by atoms with Crippen molar-refractivity contribution >= 4 is 23.2 Å². The summed E-state index contributed by atoms with van der Waals surface area (Å²) in [6, 6.07) is 5.71. The van der Waals surface area contributed by atoms with Crippen LogP contribution in [0.4, 0.5) is 0 Å². The maximum absolute atomic E-state index is 6.15. The van der Waals surface area contributed by atoms with E-state index in [1.165, 1.54) is 0 Å². The number of hydrogen-bond donors (Lipinski definition) is 1. The molecule has 0 bridgehead atoms. The lowest BCUT2D eigenvalue weighted by molar-refractivity contribution is 0.563. The average molecular weight is 286 g/mol. The zero-order valence-electron chi connectivity index (χ0n) is 10.1. The third-order valence-corrected chi connectivity index (χ3v) is 3.17. The molecule has 0 atom stereocenters. The molecule has 0 amide bonds. The van der Waals surface area contributed by atoms with Gasteiger partial charge in [0.15, 0.2) is 5.82 Å². The topological polar surface area (TPSA) is 55.6 Å². The van der Waals surface area contributed by atoms with Crippen LogP contribution in [0.1, 0.15) is 19.7 Å². The van der Waals surface area contributed by atoms with Crippen LogP contribution in [0.3, 0.4) is 0 Å². The minimum absolute atomic E-state index is 0.352. The van der Waals surface area contributed by atoms with E-state index in [0.717, 1.165) is 0 Å². The Kier molecular flexibility index (Phi) is 4.16. The first kappa shape index (κ1) is 13.3. The van der Waals surface area contributed by atoms with E-state index in [0.29, 0.717) is 34.1 Å². The van der Waals surface area contributed by atoms with Gasteiger partial charge < -0.3 is 5.32 Å². The van der Waals surface area contributed by atoms with E-state index in [2.05, 4.69) is 34.7 Å². The third-order valence-electron chi connectivity index (χ3n) is 2.36. The van der Waals surface area contributed by atoms with E-state index < -0.39 is 0 Å². The molecule has 0 fully saturated rings. The van der Waals surface area contributed by atoms with Crippen molar-refractivity contribution in [3.05, 3.63) is 34.1 Å². The Hall–Kier alpha value is -1.17. The summed E-state index contributed by atoms with van der Waals surface area (Å²) < 4.78 is 1.59. The molecule has 2 aromatic rings. The SMILES string of the molecule is CC(C)NCc1nnnn1-c1cccc(Cl)c1Cl. The highest BCUT2D eigenvalue weighted by molar-refractivity contribution is 6.43. The minimum Gasteiger partial charge on any atom is -0.308 e. The fourth-order valence-corrected chi connectivity index (χ4v) is 1.83. The molecular formula is C11H13Cl2N5. The molecule has 0 saturated heterocycles. The lowest BCUT2D eigenvalue weighted by Crippen LogP contribution is -2.24.